The fourth-order valence-corrected chi connectivity index (χ4v) is 2.41. The van der Waals surface area contributed by atoms with Gasteiger partial charge in [0.2, 0.25) is 0 Å². The summed E-state index contributed by atoms with van der Waals surface area (Å²) in [6.07, 6.45) is -4.64. The molecule has 0 aliphatic carbocycles. The second-order valence-electron chi connectivity index (χ2n) is 5.87. The first-order valence-electron chi connectivity index (χ1n) is 7.96. The van der Waals surface area contributed by atoms with Crippen LogP contribution >= 0.6 is 0 Å². The van der Waals surface area contributed by atoms with Gasteiger partial charge in [0, 0.05) is 18.1 Å². The van der Waals surface area contributed by atoms with Gasteiger partial charge in [-0.25, -0.2) is 0 Å². The van der Waals surface area contributed by atoms with Crippen LogP contribution in [0, 0.1) is 17.0 Å². The Kier molecular flexibility index (Phi) is 6.06. The molecule has 0 unspecified atom stereocenters. The van der Waals surface area contributed by atoms with Gasteiger partial charge >= 0.3 is 12.1 Å². The van der Waals surface area contributed by atoms with Gasteiger partial charge in [0.1, 0.15) is 17.2 Å². The quantitative estimate of drug-likeness (QED) is 0.406. The number of aryl methyl sites for hydroxylation is 2. The molecular weight excluding hydrogens is 383 g/mol. The van der Waals surface area contributed by atoms with Crippen LogP contribution in [0.2, 0.25) is 0 Å². The molecule has 0 aliphatic rings. The van der Waals surface area contributed by atoms with Crippen molar-refractivity contribution >= 4 is 23.1 Å². The van der Waals surface area contributed by atoms with E-state index < -0.39 is 28.3 Å². The number of halogens is 3. The summed E-state index contributed by atoms with van der Waals surface area (Å²) in [7, 11) is 0. The van der Waals surface area contributed by atoms with E-state index in [2.05, 4.69) is 10.5 Å². The van der Waals surface area contributed by atoms with Gasteiger partial charge in [-0.15, -0.1) is 0 Å². The molecule has 150 valence electrons. The Morgan fingerprint density at radius 1 is 1.36 bits per heavy atom. The Morgan fingerprint density at radius 2 is 2.04 bits per heavy atom. The number of nitro benzene ring substituents is 1. The Labute approximate surface area is 156 Å². The lowest BCUT2D eigenvalue weighted by Crippen LogP contribution is -2.07. The molecule has 0 saturated heterocycles. The normalized spacial score (nSPS) is 12.1. The maximum absolute atomic E-state index is 12.7. The van der Waals surface area contributed by atoms with Crippen LogP contribution in [0.15, 0.2) is 33.8 Å². The zero-order valence-electron chi connectivity index (χ0n) is 14.8. The Balaban J connectivity index is 2.25. The van der Waals surface area contributed by atoms with Crippen LogP contribution in [0.4, 0.5) is 24.5 Å². The van der Waals surface area contributed by atoms with Gasteiger partial charge < -0.3 is 9.52 Å². The molecule has 2 aromatic rings. The second-order valence-corrected chi connectivity index (χ2v) is 5.87. The van der Waals surface area contributed by atoms with E-state index >= 15 is 0 Å². The Hall–Kier alpha value is -3.37. The van der Waals surface area contributed by atoms with Gasteiger partial charge in [0.15, 0.2) is 0 Å². The molecular formula is C17H16F3N3O5. The fourth-order valence-electron chi connectivity index (χ4n) is 2.41. The number of nitro groups is 1. The molecule has 0 fully saturated rings. The molecule has 2 N–H and O–H groups in total. The number of rotatable bonds is 7. The largest absolute Gasteiger partial charge is 0.481 e. The third-order valence-electron chi connectivity index (χ3n) is 3.81. The highest BCUT2D eigenvalue weighted by atomic mass is 19.4. The van der Waals surface area contributed by atoms with Crippen LogP contribution in [0.5, 0.6) is 0 Å². The summed E-state index contributed by atoms with van der Waals surface area (Å²) in [5, 5.41) is 23.8. The first-order chi connectivity index (χ1) is 13.0. The number of hydrogen-bond acceptors (Lipinski definition) is 6. The lowest BCUT2D eigenvalue weighted by molar-refractivity contribution is -0.384. The molecule has 1 aromatic heterocycles. The predicted molar refractivity (Wildman–Crippen MR) is 93.3 cm³/mol. The van der Waals surface area contributed by atoms with E-state index in [4.69, 9.17) is 9.52 Å². The van der Waals surface area contributed by atoms with Crippen molar-refractivity contribution < 1.29 is 32.4 Å². The number of hydrogen-bond donors (Lipinski definition) is 2. The van der Waals surface area contributed by atoms with Crippen LogP contribution in [0.3, 0.4) is 0 Å². The maximum atomic E-state index is 12.7. The van der Waals surface area contributed by atoms with Crippen molar-refractivity contribution in [3.63, 3.8) is 0 Å². The molecule has 0 bridgehead atoms. The lowest BCUT2D eigenvalue weighted by atomic mass is 10.1. The van der Waals surface area contributed by atoms with Gasteiger partial charge in [-0.1, -0.05) is 0 Å². The standard InChI is InChI=1S/C17H16F3N3O5/c1-9(13-8-12(28-10(13)2)4-6-16(24)25)21-22-14-5-3-11(17(18,19)20)7-15(14)23(26)27/h3,5,7-8,22H,4,6H2,1-2H3,(H,24,25)/b21-9-. The van der Waals surface area contributed by atoms with Crippen LogP contribution in [-0.4, -0.2) is 21.7 Å². The number of nitrogens with one attached hydrogen (secondary N) is 1. The summed E-state index contributed by atoms with van der Waals surface area (Å²) in [6, 6.07) is 3.67. The van der Waals surface area contributed by atoms with E-state index in [0.717, 1.165) is 6.07 Å². The summed E-state index contributed by atoms with van der Waals surface area (Å²) in [5.41, 5.74) is 1.19. The smallest absolute Gasteiger partial charge is 0.416 e. The maximum Gasteiger partial charge on any atom is 0.416 e. The van der Waals surface area contributed by atoms with E-state index in [1.54, 1.807) is 19.9 Å². The number of carbonyl (C=O) groups is 1. The number of furan rings is 1. The van der Waals surface area contributed by atoms with E-state index in [0.29, 0.717) is 34.9 Å². The SMILES string of the molecule is C/C(=N/Nc1ccc(C(F)(F)F)cc1[N+](=O)[O-])c1cc(CCC(=O)O)oc1C. The summed E-state index contributed by atoms with van der Waals surface area (Å²) in [4.78, 5) is 20.8. The highest BCUT2D eigenvalue weighted by Gasteiger charge is 2.33. The minimum atomic E-state index is -4.71. The molecule has 1 aromatic carbocycles. The minimum absolute atomic E-state index is 0.113. The summed E-state index contributed by atoms with van der Waals surface area (Å²) in [5.74, 6) is -0.0763. The topological polar surface area (TPSA) is 118 Å². The molecule has 0 atom stereocenters. The van der Waals surface area contributed by atoms with Gasteiger partial charge in [-0.05, 0) is 32.0 Å². The number of anilines is 1. The lowest BCUT2D eigenvalue weighted by Gasteiger charge is -2.09. The first-order valence-corrected chi connectivity index (χ1v) is 7.96. The third-order valence-corrected chi connectivity index (χ3v) is 3.81. The van der Waals surface area contributed by atoms with Crippen molar-refractivity contribution in [3.8, 4) is 0 Å². The zero-order chi connectivity index (χ0) is 21.1. The first kappa shape index (κ1) is 20.9. The number of carboxylic acids is 1. The van der Waals surface area contributed by atoms with Crippen molar-refractivity contribution in [2.75, 3.05) is 5.43 Å². The summed E-state index contributed by atoms with van der Waals surface area (Å²) >= 11 is 0. The number of aliphatic carboxylic acids is 1. The number of alkyl halides is 3. The van der Waals surface area contributed by atoms with E-state index in [-0.39, 0.29) is 18.5 Å². The predicted octanol–water partition coefficient (Wildman–Crippen LogP) is 4.37. The van der Waals surface area contributed by atoms with Crippen LogP contribution < -0.4 is 5.43 Å². The average Bonchev–Trinajstić information content (AvgIpc) is 2.97. The summed E-state index contributed by atoms with van der Waals surface area (Å²) < 4.78 is 43.7. The van der Waals surface area contributed by atoms with Crippen molar-refractivity contribution in [1.82, 2.24) is 0 Å². The van der Waals surface area contributed by atoms with Crippen LogP contribution in [0.25, 0.3) is 0 Å². The minimum Gasteiger partial charge on any atom is -0.481 e. The van der Waals surface area contributed by atoms with E-state index in [1.165, 1.54) is 0 Å². The number of carboxylic acid groups (broad SMARTS) is 1. The molecule has 0 amide bonds. The second kappa shape index (κ2) is 8.11. The molecule has 0 aliphatic heterocycles. The highest BCUT2D eigenvalue weighted by Crippen LogP contribution is 2.35. The van der Waals surface area contributed by atoms with Gasteiger partial charge in [0.05, 0.1) is 22.6 Å². The zero-order valence-corrected chi connectivity index (χ0v) is 14.8. The molecule has 2 rings (SSSR count). The Bertz CT molecular complexity index is 935. The molecule has 8 nitrogen and oxygen atoms in total. The van der Waals surface area contributed by atoms with Crippen molar-refractivity contribution in [1.29, 1.82) is 0 Å². The molecule has 11 heteroatoms. The van der Waals surface area contributed by atoms with Crippen molar-refractivity contribution in [2.24, 2.45) is 5.10 Å². The van der Waals surface area contributed by atoms with E-state index in [9.17, 15) is 28.1 Å². The van der Waals surface area contributed by atoms with Gasteiger partial charge in [-0.3, -0.25) is 20.3 Å². The number of benzene rings is 1. The molecule has 0 radical (unpaired) electrons. The molecule has 0 saturated carbocycles. The van der Waals surface area contributed by atoms with E-state index in [1.807, 2.05) is 0 Å². The van der Waals surface area contributed by atoms with Gasteiger partial charge in [-0.2, -0.15) is 18.3 Å². The van der Waals surface area contributed by atoms with Gasteiger partial charge in [0.25, 0.3) is 5.69 Å². The molecule has 0 spiro atoms. The fraction of sp³-hybridized carbons (Fsp3) is 0.294. The molecule has 28 heavy (non-hydrogen) atoms. The van der Waals surface area contributed by atoms with Crippen molar-refractivity contribution in [3.05, 3.63) is 57.0 Å². The van der Waals surface area contributed by atoms with Crippen LogP contribution in [-0.2, 0) is 17.4 Å². The Morgan fingerprint density at radius 3 is 2.61 bits per heavy atom. The number of hydrazone groups is 1. The van der Waals surface area contributed by atoms with Crippen LogP contribution in [0.1, 0.15) is 36.0 Å². The average molecular weight is 399 g/mol. The summed E-state index contributed by atoms with van der Waals surface area (Å²) in [6.45, 7) is 3.21. The highest BCUT2D eigenvalue weighted by molar-refractivity contribution is 6.00. The van der Waals surface area contributed by atoms with Crippen molar-refractivity contribution in [2.45, 2.75) is 32.9 Å². The third kappa shape index (κ3) is 5.09. The monoisotopic (exact) mass is 399 g/mol. The molecule has 1 heterocycles. The number of nitrogens with zero attached hydrogens (tertiary/aromatic N) is 2.